The van der Waals surface area contributed by atoms with Crippen LogP contribution in [0.5, 0.6) is 17.2 Å². The third-order valence-corrected chi connectivity index (χ3v) is 3.77. The Bertz CT molecular complexity index is 700. The standard InChI is InChI=1S/C20H25NO4/c1-4-5-11-25-18-10-9-15(12-19(18)24-3)14-21-20(22)16-7-6-8-17(13-16)23-2/h6-10,12-13H,4-5,11,14H2,1-3H3,(H,21,22). The van der Waals surface area contributed by atoms with Crippen LogP contribution in [0.3, 0.4) is 0 Å². The molecular weight excluding hydrogens is 318 g/mol. The summed E-state index contributed by atoms with van der Waals surface area (Å²) in [6.07, 6.45) is 2.08. The number of hydrogen-bond donors (Lipinski definition) is 1. The molecule has 0 radical (unpaired) electrons. The molecule has 5 heteroatoms. The van der Waals surface area contributed by atoms with E-state index >= 15 is 0 Å². The van der Waals surface area contributed by atoms with Crippen molar-refractivity contribution in [3.05, 3.63) is 53.6 Å². The van der Waals surface area contributed by atoms with Crippen LogP contribution in [0.15, 0.2) is 42.5 Å². The molecule has 0 aliphatic carbocycles. The van der Waals surface area contributed by atoms with Gasteiger partial charge in [0.1, 0.15) is 5.75 Å². The lowest BCUT2D eigenvalue weighted by Crippen LogP contribution is -2.22. The van der Waals surface area contributed by atoms with E-state index in [4.69, 9.17) is 14.2 Å². The summed E-state index contributed by atoms with van der Waals surface area (Å²) >= 11 is 0. The van der Waals surface area contributed by atoms with E-state index in [-0.39, 0.29) is 5.91 Å². The van der Waals surface area contributed by atoms with Crippen LogP contribution < -0.4 is 19.5 Å². The molecule has 0 spiro atoms. The Morgan fingerprint density at radius 3 is 2.60 bits per heavy atom. The fourth-order valence-corrected chi connectivity index (χ4v) is 2.32. The summed E-state index contributed by atoms with van der Waals surface area (Å²) in [5.41, 5.74) is 1.50. The van der Waals surface area contributed by atoms with E-state index in [2.05, 4.69) is 12.2 Å². The minimum Gasteiger partial charge on any atom is -0.497 e. The first-order valence-corrected chi connectivity index (χ1v) is 8.40. The first-order valence-electron chi connectivity index (χ1n) is 8.40. The molecule has 2 aromatic carbocycles. The molecule has 0 aliphatic rings. The van der Waals surface area contributed by atoms with Gasteiger partial charge in [-0.25, -0.2) is 0 Å². The Hall–Kier alpha value is -2.69. The van der Waals surface area contributed by atoms with Gasteiger partial charge in [-0.2, -0.15) is 0 Å². The van der Waals surface area contributed by atoms with Crippen LogP contribution in [0.4, 0.5) is 0 Å². The van der Waals surface area contributed by atoms with Crippen molar-refractivity contribution >= 4 is 5.91 Å². The summed E-state index contributed by atoms with van der Waals surface area (Å²) in [6.45, 7) is 3.19. The fourth-order valence-electron chi connectivity index (χ4n) is 2.32. The van der Waals surface area contributed by atoms with Gasteiger partial charge in [0.15, 0.2) is 11.5 Å². The fraction of sp³-hybridized carbons (Fsp3) is 0.350. The number of hydrogen-bond acceptors (Lipinski definition) is 4. The van der Waals surface area contributed by atoms with Crippen molar-refractivity contribution in [1.29, 1.82) is 0 Å². The smallest absolute Gasteiger partial charge is 0.251 e. The predicted octanol–water partition coefficient (Wildman–Crippen LogP) is 3.81. The van der Waals surface area contributed by atoms with Gasteiger partial charge >= 0.3 is 0 Å². The minimum atomic E-state index is -0.152. The molecule has 0 fully saturated rings. The van der Waals surface area contributed by atoms with Crippen molar-refractivity contribution in [3.8, 4) is 17.2 Å². The van der Waals surface area contributed by atoms with Crippen molar-refractivity contribution in [2.75, 3.05) is 20.8 Å². The zero-order valence-corrected chi connectivity index (χ0v) is 15.0. The van der Waals surface area contributed by atoms with Crippen LogP contribution in [-0.4, -0.2) is 26.7 Å². The summed E-state index contributed by atoms with van der Waals surface area (Å²) in [5, 5.41) is 2.90. The van der Waals surface area contributed by atoms with Crippen molar-refractivity contribution in [2.24, 2.45) is 0 Å². The number of carbonyl (C=O) groups excluding carboxylic acids is 1. The zero-order chi connectivity index (χ0) is 18.1. The highest BCUT2D eigenvalue weighted by Crippen LogP contribution is 2.28. The molecule has 1 N–H and O–H groups in total. The quantitative estimate of drug-likeness (QED) is 0.704. The predicted molar refractivity (Wildman–Crippen MR) is 97.6 cm³/mol. The van der Waals surface area contributed by atoms with Crippen LogP contribution in [0.25, 0.3) is 0 Å². The molecule has 2 aromatic rings. The van der Waals surface area contributed by atoms with Crippen molar-refractivity contribution in [2.45, 2.75) is 26.3 Å². The van der Waals surface area contributed by atoms with Crippen molar-refractivity contribution in [3.63, 3.8) is 0 Å². The summed E-state index contributed by atoms with van der Waals surface area (Å²) in [4.78, 5) is 12.3. The van der Waals surface area contributed by atoms with Gasteiger partial charge in [0.05, 0.1) is 20.8 Å². The minimum absolute atomic E-state index is 0.152. The highest BCUT2D eigenvalue weighted by atomic mass is 16.5. The van der Waals surface area contributed by atoms with Gasteiger partial charge in [-0.15, -0.1) is 0 Å². The monoisotopic (exact) mass is 343 g/mol. The van der Waals surface area contributed by atoms with Crippen LogP contribution in [0.2, 0.25) is 0 Å². The number of ether oxygens (including phenoxy) is 3. The first-order chi connectivity index (χ1) is 12.2. The van der Waals surface area contributed by atoms with E-state index < -0.39 is 0 Å². The largest absolute Gasteiger partial charge is 0.497 e. The zero-order valence-electron chi connectivity index (χ0n) is 15.0. The molecule has 0 heterocycles. The molecule has 0 aliphatic heterocycles. The maximum atomic E-state index is 12.3. The van der Waals surface area contributed by atoms with Gasteiger partial charge in [-0.3, -0.25) is 4.79 Å². The van der Waals surface area contributed by atoms with E-state index in [1.54, 1.807) is 38.5 Å². The molecule has 25 heavy (non-hydrogen) atoms. The number of unbranched alkanes of at least 4 members (excludes halogenated alkanes) is 1. The van der Waals surface area contributed by atoms with E-state index in [1.807, 2.05) is 18.2 Å². The van der Waals surface area contributed by atoms with E-state index in [0.29, 0.717) is 30.2 Å². The van der Waals surface area contributed by atoms with E-state index in [9.17, 15) is 4.79 Å². The highest BCUT2D eigenvalue weighted by molar-refractivity contribution is 5.94. The van der Waals surface area contributed by atoms with Gasteiger partial charge in [0.25, 0.3) is 5.91 Å². The van der Waals surface area contributed by atoms with Crippen LogP contribution >= 0.6 is 0 Å². The SMILES string of the molecule is CCCCOc1ccc(CNC(=O)c2cccc(OC)c2)cc1OC. The van der Waals surface area contributed by atoms with Gasteiger partial charge in [-0.05, 0) is 42.3 Å². The maximum absolute atomic E-state index is 12.3. The second kappa shape index (κ2) is 9.57. The Labute approximate surface area is 148 Å². The molecule has 0 saturated heterocycles. The van der Waals surface area contributed by atoms with Gasteiger partial charge in [-0.1, -0.05) is 25.5 Å². The molecule has 134 valence electrons. The summed E-state index contributed by atoms with van der Waals surface area (Å²) in [5.74, 6) is 1.90. The molecule has 0 aromatic heterocycles. The van der Waals surface area contributed by atoms with Crippen LogP contribution in [0, 0.1) is 0 Å². The number of carbonyl (C=O) groups is 1. The Balaban J connectivity index is 1.98. The molecule has 0 saturated carbocycles. The summed E-state index contributed by atoms with van der Waals surface area (Å²) in [6, 6.07) is 12.7. The van der Waals surface area contributed by atoms with Crippen LogP contribution in [-0.2, 0) is 6.54 Å². The van der Waals surface area contributed by atoms with E-state index in [0.717, 1.165) is 24.2 Å². The number of amides is 1. The molecule has 5 nitrogen and oxygen atoms in total. The number of nitrogens with one attached hydrogen (secondary N) is 1. The number of benzene rings is 2. The normalized spacial score (nSPS) is 10.2. The molecule has 0 unspecified atom stereocenters. The lowest BCUT2D eigenvalue weighted by molar-refractivity contribution is 0.0950. The highest BCUT2D eigenvalue weighted by Gasteiger charge is 2.09. The third kappa shape index (κ3) is 5.41. The lowest BCUT2D eigenvalue weighted by Gasteiger charge is -2.12. The molecular formula is C20H25NO4. The topological polar surface area (TPSA) is 56.8 Å². The Morgan fingerprint density at radius 2 is 1.88 bits per heavy atom. The second-order valence-electron chi connectivity index (χ2n) is 5.60. The Kier molecular flexibility index (Phi) is 7.14. The Morgan fingerprint density at radius 1 is 1.04 bits per heavy atom. The molecule has 0 bridgehead atoms. The van der Waals surface area contributed by atoms with E-state index in [1.165, 1.54) is 0 Å². The average Bonchev–Trinajstić information content (AvgIpc) is 2.66. The summed E-state index contributed by atoms with van der Waals surface area (Å²) < 4.78 is 16.2. The van der Waals surface area contributed by atoms with Crippen LogP contribution in [0.1, 0.15) is 35.7 Å². The average molecular weight is 343 g/mol. The lowest BCUT2D eigenvalue weighted by atomic mass is 10.1. The maximum Gasteiger partial charge on any atom is 0.251 e. The van der Waals surface area contributed by atoms with Crippen molar-refractivity contribution in [1.82, 2.24) is 5.32 Å². The van der Waals surface area contributed by atoms with Gasteiger partial charge in [0.2, 0.25) is 0 Å². The second-order valence-corrected chi connectivity index (χ2v) is 5.60. The van der Waals surface area contributed by atoms with Crippen molar-refractivity contribution < 1.29 is 19.0 Å². The van der Waals surface area contributed by atoms with Gasteiger partial charge in [0, 0.05) is 12.1 Å². The molecule has 2 rings (SSSR count). The first kappa shape index (κ1) is 18.6. The van der Waals surface area contributed by atoms with Gasteiger partial charge < -0.3 is 19.5 Å². The summed E-state index contributed by atoms with van der Waals surface area (Å²) in [7, 11) is 3.19. The molecule has 0 atom stereocenters. The molecule has 1 amide bonds. The third-order valence-electron chi connectivity index (χ3n) is 3.77. The number of methoxy groups -OCH3 is 2. The number of rotatable bonds is 9.